The molecule has 1 rings (SSSR count). The molecule has 0 spiro atoms. The zero-order valence-corrected chi connectivity index (χ0v) is 6.69. The van der Waals surface area contributed by atoms with Crippen molar-refractivity contribution in [3.8, 4) is 0 Å². The molecule has 0 saturated heterocycles. The van der Waals surface area contributed by atoms with Crippen LogP contribution < -0.4 is 5.84 Å². The van der Waals surface area contributed by atoms with Gasteiger partial charge < -0.3 is 5.84 Å². The van der Waals surface area contributed by atoms with Crippen LogP contribution in [0.1, 0.15) is 12.5 Å². The van der Waals surface area contributed by atoms with Gasteiger partial charge in [0, 0.05) is 12.1 Å². The maximum atomic E-state index is 5.08. The Morgan fingerprint density at radius 2 is 2.60 bits per heavy atom. The highest BCUT2D eigenvalue weighted by atomic mass is 32.1. The molecule has 0 aliphatic carbocycles. The van der Waals surface area contributed by atoms with E-state index in [1.54, 1.807) is 11.3 Å². The summed E-state index contributed by atoms with van der Waals surface area (Å²) in [5.74, 6) is 5.08. The number of nitrogens with zero attached hydrogens (tertiary/aromatic N) is 1. The number of nitrogens with two attached hydrogens (primary N) is 1. The molecular weight excluding hydrogens is 144 g/mol. The molecule has 1 heterocycles. The number of thiophene rings is 1. The quantitative estimate of drug-likeness (QED) is 0.392. The molecule has 0 amide bonds. The van der Waals surface area contributed by atoms with Crippen LogP contribution in [-0.2, 0) is 6.42 Å². The second kappa shape index (κ2) is 3.37. The molecule has 54 valence electrons. The maximum absolute atomic E-state index is 5.08. The summed E-state index contributed by atoms with van der Waals surface area (Å²) >= 11 is 1.70. The minimum Gasteiger partial charge on any atom is -0.323 e. The lowest BCUT2D eigenvalue weighted by atomic mass is 10.2. The largest absolute Gasteiger partial charge is 0.323 e. The smallest absolute Gasteiger partial charge is 0.0389 e. The highest BCUT2D eigenvalue weighted by molar-refractivity contribution is 7.07. The van der Waals surface area contributed by atoms with Crippen molar-refractivity contribution in [2.75, 3.05) is 0 Å². The molecular formula is C7H10N2S. The Balaban J connectivity index is 2.56. The van der Waals surface area contributed by atoms with Gasteiger partial charge in [-0.2, -0.15) is 16.4 Å². The molecule has 0 unspecified atom stereocenters. The van der Waals surface area contributed by atoms with E-state index in [4.69, 9.17) is 5.84 Å². The molecule has 0 fully saturated rings. The number of hydrazone groups is 1. The molecule has 0 aliphatic heterocycles. The van der Waals surface area contributed by atoms with Gasteiger partial charge in [-0.25, -0.2) is 0 Å². The third kappa shape index (κ3) is 1.84. The zero-order chi connectivity index (χ0) is 7.40. The van der Waals surface area contributed by atoms with Crippen LogP contribution in [0.3, 0.4) is 0 Å². The fourth-order valence-corrected chi connectivity index (χ4v) is 1.40. The molecule has 0 aliphatic rings. The van der Waals surface area contributed by atoms with Crippen molar-refractivity contribution < 1.29 is 0 Å². The SMILES string of the molecule is C/C(Cc1ccsc1)=N/N. The summed E-state index contributed by atoms with van der Waals surface area (Å²) in [6, 6.07) is 2.08. The van der Waals surface area contributed by atoms with Gasteiger partial charge in [-0.05, 0) is 29.3 Å². The Morgan fingerprint density at radius 1 is 1.80 bits per heavy atom. The van der Waals surface area contributed by atoms with E-state index in [0.29, 0.717) is 0 Å². The first kappa shape index (κ1) is 7.28. The lowest BCUT2D eigenvalue weighted by Gasteiger charge is -1.92. The van der Waals surface area contributed by atoms with Gasteiger partial charge in [0.25, 0.3) is 0 Å². The highest BCUT2D eigenvalue weighted by Crippen LogP contribution is 2.06. The van der Waals surface area contributed by atoms with Gasteiger partial charge in [0.15, 0.2) is 0 Å². The van der Waals surface area contributed by atoms with Gasteiger partial charge in [-0.15, -0.1) is 0 Å². The normalized spacial score (nSPS) is 11.9. The van der Waals surface area contributed by atoms with Crippen molar-refractivity contribution >= 4 is 17.0 Å². The van der Waals surface area contributed by atoms with Crippen molar-refractivity contribution in [1.29, 1.82) is 0 Å². The zero-order valence-electron chi connectivity index (χ0n) is 5.87. The average molecular weight is 154 g/mol. The summed E-state index contributed by atoms with van der Waals surface area (Å²) in [5, 5.41) is 7.75. The summed E-state index contributed by atoms with van der Waals surface area (Å²) < 4.78 is 0. The number of hydrogen-bond donors (Lipinski definition) is 1. The van der Waals surface area contributed by atoms with Crippen LogP contribution in [0.5, 0.6) is 0 Å². The van der Waals surface area contributed by atoms with E-state index in [0.717, 1.165) is 12.1 Å². The standard InChI is InChI=1S/C7H10N2S/c1-6(9-8)4-7-2-3-10-5-7/h2-3,5H,4,8H2,1H3/b9-6-. The Labute approximate surface area is 64.4 Å². The molecule has 0 bridgehead atoms. The Bertz CT molecular complexity index is 214. The van der Waals surface area contributed by atoms with Gasteiger partial charge >= 0.3 is 0 Å². The molecule has 0 radical (unpaired) electrons. The maximum Gasteiger partial charge on any atom is 0.0389 e. The van der Waals surface area contributed by atoms with E-state index in [2.05, 4.69) is 21.9 Å². The van der Waals surface area contributed by atoms with Gasteiger partial charge in [-0.1, -0.05) is 0 Å². The van der Waals surface area contributed by atoms with Crippen LogP contribution in [0.25, 0.3) is 0 Å². The molecule has 3 heteroatoms. The summed E-state index contributed by atoms with van der Waals surface area (Å²) in [6.07, 6.45) is 0.875. The minimum atomic E-state index is 0.875. The van der Waals surface area contributed by atoms with E-state index in [9.17, 15) is 0 Å². The van der Waals surface area contributed by atoms with E-state index in [1.165, 1.54) is 5.56 Å². The predicted octanol–water partition coefficient (Wildman–Crippen LogP) is 1.63. The number of rotatable bonds is 2. The first-order valence-corrected chi connectivity index (χ1v) is 4.01. The van der Waals surface area contributed by atoms with E-state index in [-0.39, 0.29) is 0 Å². The van der Waals surface area contributed by atoms with Crippen LogP contribution >= 0.6 is 11.3 Å². The highest BCUT2D eigenvalue weighted by Gasteiger charge is 1.94. The summed E-state index contributed by atoms with van der Waals surface area (Å²) in [7, 11) is 0. The van der Waals surface area contributed by atoms with Crippen molar-refractivity contribution in [3.63, 3.8) is 0 Å². The first-order chi connectivity index (χ1) is 4.83. The van der Waals surface area contributed by atoms with Crippen molar-refractivity contribution in [2.45, 2.75) is 13.3 Å². The lowest BCUT2D eigenvalue weighted by Crippen LogP contribution is -1.99. The third-order valence-electron chi connectivity index (χ3n) is 1.26. The fourth-order valence-electron chi connectivity index (χ4n) is 0.734. The van der Waals surface area contributed by atoms with E-state index in [1.807, 2.05) is 6.92 Å². The van der Waals surface area contributed by atoms with Crippen LogP contribution in [0, 0.1) is 0 Å². The Kier molecular flexibility index (Phi) is 2.45. The summed E-state index contributed by atoms with van der Waals surface area (Å²) in [4.78, 5) is 0. The van der Waals surface area contributed by atoms with Crippen LogP contribution in [0.15, 0.2) is 21.9 Å². The molecule has 0 atom stereocenters. The predicted molar refractivity (Wildman–Crippen MR) is 45.3 cm³/mol. The van der Waals surface area contributed by atoms with Crippen LogP contribution in [0.4, 0.5) is 0 Å². The molecule has 0 aromatic carbocycles. The molecule has 1 aromatic heterocycles. The Morgan fingerprint density at radius 3 is 3.10 bits per heavy atom. The average Bonchev–Trinajstić information content (AvgIpc) is 2.40. The van der Waals surface area contributed by atoms with Gasteiger partial charge in [-0.3, -0.25) is 0 Å². The van der Waals surface area contributed by atoms with Crippen molar-refractivity contribution in [1.82, 2.24) is 0 Å². The van der Waals surface area contributed by atoms with E-state index < -0.39 is 0 Å². The number of hydrogen-bond acceptors (Lipinski definition) is 3. The van der Waals surface area contributed by atoms with Crippen LogP contribution in [0.2, 0.25) is 0 Å². The Hall–Kier alpha value is -0.830. The van der Waals surface area contributed by atoms with Gasteiger partial charge in [0.1, 0.15) is 0 Å². The molecule has 2 N–H and O–H groups in total. The van der Waals surface area contributed by atoms with Gasteiger partial charge in [0.2, 0.25) is 0 Å². The third-order valence-corrected chi connectivity index (χ3v) is 1.99. The van der Waals surface area contributed by atoms with Crippen molar-refractivity contribution in [3.05, 3.63) is 22.4 Å². The lowest BCUT2D eigenvalue weighted by molar-refractivity contribution is 1.19. The molecule has 2 nitrogen and oxygen atoms in total. The van der Waals surface area contributed by atoms with Crippen molar-refractivity contribution in [2.24, 2.45) is 10.9 Å². The summed E-state index contributed by atoms with van der Waals surface area (Å²) in [6.45, 7) is 1.93. The topological polar surface area (TPSA) is 38.4 Å². The minimum absolute atomic E-state index is 0.875. The van der Waals surface area contributed by atoms with Crippen LogP contribution in [-0.4, -0.2) is 5.71 Å². The molecule has 1 aromatic rings. The molecule has 0 saturated carbocycles. The second-order valence-corrected chi connectivity index (χ2v) is 2.95. The fraction of sp³-hybridized carbons (Fsp3) is 0.286. The van der Waals surface area contributed by atoms with E-state index >= 15 is 0 Å². The first-order valence-electron chi connectivity index (χ1n) is 3.07. The monoisotopic (exact) mass is 154 g/mol. The van der Waals surface area contributed by atoms with Gasteiger partial charge in [0.05, 0.1) is 0 Å². The second-order valence-electron chi connectivity index (χ2n) is 2.17. The summed E-state index contributed by atoms with van der Waals surface area (Å²) in [5.41, 5.74) is 2.26. The molecule has 10 heavy (non-hydrogen) atoms.